The summed E-state index contributed by atoms with van der Waals surface area (Å²) in [7, 11) is -4.09. The van der Waals surface area contributed by atoms with Gasteiger partial charge in [-0.05, 0) is 30.7 Å². The van der Waals surface area contributed by atoms with Gasteiger partial charge in [-0.2, -0.15) is 4.31 Å². The summed E-state index contributed by atoms with van der Waals surface area (Å²) in [5.41, 5.74) is -1.42. The second-order valence-electron chi connectivity index (χ2n) is 8.21. The maximum Gasteiger partial charge on any atom is 0.334 e. The Kier molecular flexibility index (Phi) is 3.51. The molecule has 2 heterocycles. The van der Waals surface area contributed by atoms with Gasteiger partial charge in [0.05, 0.1) is 11.5 Å². The van der Waals surface area contributed by atoms with Gasteiger partial charge in [0.25, 0.3) is 0 Å². The van der Waals surface area contributed by atoms with Gasteiger partial charge < -0.3 is 4.74 Å². The van der Waals surface area contributed by atoms with Gasteiger partial charge in [0, 0.05) is 16.5 Å². The standard InChI is InChI=1S/C24H19NO5S/c1-2-30-22(27)24-19-12-11-15-7-3-5-9-17(15)20(19)31(28,29)25(24)23(24)14-13-16-8-4-6-10-18(16)21(23)26/h3-12H,2,13-14H2,1H3/t23-,24-,25?/m1/s1. The minimum atomic E-state index is -4.09. The van der Waals surface area contributed by atoms with E-state index in [0.29, 0.717) is 22.9 Å². The highest BCUT2D eigenvalue weighted by Crippen LogP contribution is 2.72. The van der Waals surface area contributed by atoms with Crippen LogP contribution in [0.25, 0.3) is 10.8 Å². The second-order valence-corrected chi connectivity index (χ2v) is 9.93. The van der Waals surface area contributed by atoms with Crippen molar-refractivity contribution in [2.75, 3.05) is 6.61 Å². The third-order valence-corrected chi connectivity index (χ3v) is 8.95. The summed E-state index contributed by atoms with van der Waals surface area (Å²) in [4.78, 5) is 27.3. The van der Waals surface area contributed by atoms with Crippen molar-refractivity contribution in [3.63, 3.8) is 0 Å². The van der Waals surface area contributed by atoms with Crippen molar-refractivity contribution in [1.29, 1.82) is 0 Å². The van der Waals surface area contributed by atoms with Crippen LogP contribution in [0.4, 0.5) is 0 Å². The number of carbonyl (C=O) groups excluding carboxylic acids is 2. The van der Waals surface area contributed by atoms with Gasteiger partial charge in [0.2, 0.25) is 10.0 Å². The molecule has 6 nitrogen and oxygen atoms in total. The van der Waals surface area contributed by atoms with Gasteiger partial charge in [-0.25, -0.2) is 13.2 Å². The molecule has 3 aromatic carbocycles. The molecular weight excluding hydrogens is 414 g/mol. The molecule has 1 fully saturated rings. The predicted molar refractivity (Wildman–Crippen MR) is 113 cm³/mol. The molecule has 0 amide bonds. The third-order valence-electron chi connectivity index (χ3n) is 6.93. The first-order chi connectivity index (χ1) is 14.9. The minimum Gasteiger partial charge on any atom is -0.464 e. The SMILES string of the molecule is CCOC(=O)[C@@]12c3ccc4ccccc4c3S(=O)(=O)N1[C@@]21CCc2ccccc2C1=O. The average molecular weight is 433 g/mol. The molecule has 0 aromatic heterocycles. The summed E-state index contributed by atoms with van der Waals surface area (Å²) in [5, 5.41) is 1.32. The fourth-order valence-corrected chi connectivity index (χ4v) is 8.24. The zero-order valence-corrected chi connectivity index (χ0v) is 17.6. The van der Waals surface area contributed by atoms with Crippen LogP contribution in [0.1, 0.15) is 34.8 Å². The molecule has 2 aliphatic heterocycles. The largest absolute Gasteiger partial charge is 0.464 e. The first kappa shape index (κ1) is 18.7. The van der Waals surface area contributed by atoms with Crippen LogP contribution in [0.15, 0.2) is 65.6 Å². The Morgan fingerprint density at radius 3 is 2.61 bits per heavy atom. The van der Waals surface area contributed by atoms with E-state index in [1.807, 2.05) is 24.3 Å². The molecule has 3 aliphatic rings. The van der Waals surface area contributed by atoms with E-state index in [-0.39, 0.29) is 23.7 Å². The molecule has 6 rings (SSSR count). The first-order valence-corrected chi connectivity index (χ1v) is 11.7. The molecule has 0 radical (unpaired) electrons. The summed E-state index contributed by atoms with van der Waals surface area (Å²) < 4.78 is 34.2. The highest BCUT2D eigenvalue weighted by atomic mass is 32.2. The third kappa shape index (κ3) is 1.90. The zero-order chi connectivity index (χ0) is 21.6. The zero-order valence-electron chi connectivity index (χ0n) is 16.8. The number of fused-ring (bicyclic) bond motifs is 8. The van der Waals surface area contributed by atoms with Gasteiger partial charge in [-0.1, -0.05) is 60.7 Å². The molecule has 7 heteroatoms. The van der Waals surface area contributed by atoms with Crippen molar-refractivity contribution in [2.24, 2.45) is 0 Å². The van der Waals surface area contributed by atoms with Gasteiger partial charge in [0.1, 0.15) is 5.54 Å². The lowest BCUT2D eigenvalue weighted by atomic mass is 9.73. The van der Waals surface area contributed by atoms with Gasteiger partial charge in [0.15, 0.2) is 11.3 Å². The van der Waals surface area contributed by atoms with E-state index in [1.54, 1.807) is 43.3 Å². The number of benzene rings is 3. The number of hydrogen-bond donors (Lipinski definition) is 0. The summed E-state index contributed by atoms with van der Waals surface area (Å²) in [6.45, 7) is 1.77. The van der Waals surface area contributed by atoms with E-state index < -0.39 is 27.1 Å². The number of hydrogen-bond acceptors (Lipinski definition) is 5. The van der Waals surface area contributed by atoms with Crippen LogP contribution in [0.2, 0.25) is 0 Å². The highest BCUT2D eigenvalue weighted by molar-refractivity contribution is 7.90. The molecule has 0 bridgehead atoms. The summed E-state index contributed by atoms with van der Waals surface area (Å²) >= 11 is 0. The summed E-state index contributed by atoms with van der Waals surface area (Å²) in [6.07, 6.45) is 0.755. The summed E-state index contributed by atoms with van der Waals surface area (Å²) in [6, 6.07) is 17.9. The lowest BCUT2D eigenvalue weighted by Gasteiger charge is -2.28. The number of ether oxygens (including phenoxy) is 1. The van der Waals surface area contributed by atoms with Crippen LogP contribution in [-0.4, -0.2) is 36.6 Å². The van der Waals surface area contributed by atoms with Crippen molar-refractivity contribution < 1.29 is 22.7 Å². The van der Waals surface area contributed by atoms with Crippen molar-refractivity contribution in [1.82, 2.24) is 4.31 Å². The first-order valence-electron chi connectivity index (χ1n) is 10.3. The number of nitrogens with zero attached hydrogens (tertiary/aromatic N) is 1. The van der Waals surface area contributed by atoms with Crippen LogP contribution in [0.3, 0.4) is 0 Å². The number of ketones is 1. The number of rotatable bonds is 2. The Bertz CT molecular complexity index is 1430. The molecule has 31 heavy (non-hydrogen) atoms. The predicted octanol–water partition coefficient (Wildman–Crippen LogP) is 3.18. The molecule has 3 aromatic rings. The highest BCUT2D eigenvalue weighted by Gasteiger charge is 2.92. The molecular formula is C24H19NO5S. The van der Waals surface area contributed by atoms with Crippen molar-refractivity contribution >= 4 is 32.5 Å². The van der Waals surface area contributed by atoms with Gasteiger partial charge >= 0.3 is 5.97 Å². The number of esters is 1. The van der Waals surface area contributed by atoms with Crippen LogP contribution >= 0.6 is 0 Å². The Labute approximate surface area is 179 Å². The molecule has 1 unspecified atom stereocenters. The van der Waals surface area contributed by atoms with E-state index in [9.17, 15) is 18.0 Å². The Hall–Kier alpha value is -3.03. The Balaban J connectivity index is 1.68. The average Bonchev–Trinajstić information content (AvgIpc) is 3.34. The maximum absolute atomic E-state index is 13.9. The molecule has 156 valence electrons. The number of aryl methyl sites for hydroxylation is 1. The lowest BCUT2D eigenvalue weighted by Crippen LogP contribution is -2.43. The molecule has 0 saturated carbocycles. The molecule has 0 N–H and O–H groups in total. The topological polar surface area (TPSA) is 80.5 Å². The summed E-state index contributed by atoms with van der Waals surface area (Å²) in [5.74, 6) is -1.01. The van der Waals surface area contributed by atoms with Crippen LogP contribution in [0, 0.1) is 0 Å². The second kappa shape index (κ2) is 5.81. The fourth-order valence-electron chi connectivity index (χ4n) is 5.74. The monoisotopic (exact) mass is 433 g/mol. The maximum atomic E-state index is 13.9. The fraction of sp³-hybridized carbons (Fsp3) is 0.250. The Morgan fingerprint density at radius 1 is 1.06 bits per heavy atom. The molecule has 1 spiro atoms. The minimum absolute atomic E-state index is 0.0955. The molecule has 1 aliphatic carbocycles. The van der Waals surface area contributed by atoms with Crippen LogP contribution in [-0.2, 0) is 31.5 Å². The van der Waals surface area contributed by atoms with E-state index in [2.05, 4.69) is 0 Å². The quantitative estimate of drug-likeness (QED) is 0.458. The smallest absolute Gasteiger partial charge is 0.334 e. The van der Waals surface area contributed by atoms with E-state index in [1.165, 1.54) is 0 Å². The Morgan fingerprint density at radius 2 is 1.81 bits per heavy atom. The van der Waals surface area contributed by atoms with Crippen molar-refractivity contribution in [3.8, 4) is 0 Å². The normalized spacial score (nSPS) is 29.3. The van der Waals surface area contributed by atoms with Crippen molar-refractivity contribution in [2.45, 2.75) is 35.7 Å². The van der Waals surface area contributed by atoms with Gasteiger partial charge in [-0.3, -0.25) is 4.79 Å². The van der Waals surface area contributed by atoms with E-state index in [0.717, 1.165) is 15.3 Å². The molecule has 1 saturated heterocycles. The number of carbonyl (C=O) groups is 2. The van der Waals surface area contributed by atoms with Crippen molar-refractivity contribution in [3.05, 3.63) is 77.4 Å². The van der Waals surface area contributed by atoms with Gasteiger partial charge in [-0.15, -0.1) is 0 Å². The van der Waals surface area contributed by atoms with Crippen LogP contribution in [0.5, 0.6) is 0 Å². The lowest BCUT2D eigenvalue weighted by molar-refractivity contribution is -0.147. The molecule has 3 atom stereocenters. The van der Waals surface area contributed by atoms with E-state index in [4.69, 9.17) is 4.74 Å². The number of sulfonamides is 1. The number of Topliss-reactive ketones (excluding diaryl/α,β-unsaturated/α-hetero) is 1. The van der Waals surface area contributed by atoms with E-state index >= 15 is 0 Å². The van der Waals surface area contributed by atoms with Crippen LogP contribution < -0.4 is 0 Å².